The number of fused-ring (bicyclic) bond motifs is 5. The minimum atomic E-state index is 0.192. The van der Waals surface area contributed by atoms with Gasteiger partial charge in [0.25, 0.3) is 5.91 Å². The molecule has 2 atom stereocenters. The number of amides is 1. The summed E-state index contributed by atoms with van der Waals surface area (Å²) >= 11 is 0. The topological polar surface area (TPSA) is 42.0 Å². The predicted octanol–water partition coefficient (Wildman–Crippen LogP) is 5.17. The van der Waals surface area contributed by atoms with Crippen molar-refractivity contribution in [1.82, 2.24) is 9.80 Å². The maximum Gasteiger partial charge on any atom is 0.254 e. The Hall–Kier alpha value is -2.37. The first kappa shape index (κ1) is 23.7. The number of ether oxygens (including phenoxy) is 2. The van der Waals surface area contributed by atoms with E-state index >= 15 is 0 Å². The van der Waals surface area contributed by atoms with Crippen molar-refractivity contribution < 1.29 is 14.3 Å². The van der Waals surface area contributed by atoms with Gasteiger partial charge in [0.2, 0.25) is 0 Å². The lowest BCUT2D eigenvalue weighted by molar-refractivity contribution is 0.0426. The Morgan fingerprint density at radius 2 is 1.81 bits per heavy atom. The average molecular weight is 501 g/mol. The molecule has 0 aromatic heterocycles. The molecule has 6 aliphatic rings. The molecule has 2 bridgehead atoms. The number of rotatable bonds is 6. The largest absolute Gasteiger partial charge is 0.491 e. The van der Waals surface area contributed by atoms with Crippen molar-refractivity contribution in [1.29, 1.82) is 0 Å². The maximum absolute atomic E-state index is 13.5. The van der Waals surface area contributed by atoms with Crippen LogP contribution < -0.4 is 4.74 Å². The molecular weight excluding hydrogens is 460 g/mol. The molecule has 0 N–H and O–H groups in total. The summed E-state index contributed by atoms with van der Waals surface area (Å²) < 4.78 is 11.7. The molecule has 8 rings (SSSR count). The van der Waals surface area contributed by atoms with Crippen molar-refractivity contribution in [2.24, 2.45) is 5.92 Å². The van der Waals surface area contributed by atoms with Crippen LogP contribution >= 0.6 is 0 Å². The van der Waals surface area contributed by atoms with E-state index < -0.39 is 0 Å². The minimum Gasteiger partial charge on any atom is -0.491 e. The van der Waals surface area contributed by atoms with Gasteiger partial charge in [-0.05, 0) is 111 Å². The van der Waals surface area contributed by atoms with E-state index in [2.05, 4.69) is 34.1 Å². The molecule has 1 saturated carbocycles. The first-order valence-corrected chi connectivity index (χ1v) is 14.7. The Morgan fingerprint density at radius 1 is 0.892 bits per heavy atom. The highest BCUT2D eigenvalue weighted by Crippen LogP contribution is 2.36. The number of hydrogen-bond acceptors (Lipinski definition) is 4. The summed E-state index contributed by atoms with van der Waals surface area (Å²) in [4.78, 5) is 18.4. The van der Waals surface area contributed by atoms with E-state index in [9.17, 15) is 4.79 Å². The van der Waals surface area contributed by atoms with Gasteiger partial charge in [-0.2, -0.15) is 0 Å². The number of carbonyl (C=O) groups is 1. The first-order chi connectivity index (χ1) is 18.2. The summed E-state index contributed by atoms with van der Waals surface area (Å²) in [6.07, 6.45) is 12.1. The number of carbonyl (C=O) groups excluding carboxylic acids is 1. The van der Waals surface area contributed by atoms with Gasteiger partial charge >= 0.3 is 0 Å². The van der Waals surface area contributed by atoms with Gasteiger partial charge in [-0.25, -0.2) is 0 Å². The molecule has 0 spiro atoms. The Labute approximate surface area is 221 Å². The van der Waals surface area contributed by atoms with Crippen molar-refractivity contribution in [3.63, 3.8) is 0 Å². The van der Waals surface area contributed by atoms with Crippen molar-refractivity contribution >= 4 is 5.91 Å². The third-order valence-corrected chi connectivity index (χ3v) is 9.77. The third kappa shape index (κ3) is 4.81. The van der Waals surface area contributed by atoms with Gasteiger partial charge in [-0.3, -0.25) is 9.69 Å². The van der Waals surface area contributed by atoms with Crippen molar-refractivity contribution in [2.45, 2.75) is 88.9 Å². The fourth-order valence-corrected chi connectivity index (χ4v) is 7.64. The summed E-state index contributed by atoms with van der Waals surface area (Å²) in [5, 5.41) is 0. The molecule has 0 unspecified atom stereocenters. The van der Waals surface area contributed by atoms with E-state index in [0.717, 1.165) is 87.1 Å². The van der Waals surface area contributed by atoms with Gasteiger partial charge in [-0.15, -0.1) is 0 Å². The SMILES string of the molecule is O=C1c2ccc(OC[C@@H]3CCCO3)cc2CCN1[C@H]1CCc2cc(CN3CC4CCC3CC4)ccc2C1. The number of piperidine rings is 2. The lowest BCUT2D eigenvalue weighted by atomic mass is 9.79. The fraction of sp³-hybridized carbons (Fsp3) is 0.594. The molecular formula is C32H40N2O3. The molecule has 196 valence electrons. The molecule has 4 heterocycles. The Balaban J connectivity index is 0.989. The van der Waals surface area contributed by atoms with Gasteiger partial charge in [0.1, 0.15) is 12.4 Å². The van der Waals surface area contributed by atoms with Crippen LogP contribution in [0.25, 0.3) is 0 Å². The zero-order chi connectivity index (χ0) is 24.8. The van der Waals surface area contributed by atoms with Crippen LogP contribution in [0.2, 0.25) is 0 Å². The van der Waals surface area contributed by atoms with Crippen LogP contribution in [0.3, 0.4) is 0 Å². The molecule has 4 aliphatic heterocycles. The molecule has 0 radical (unpaired) electrons. The second kappa shape index (κ2) is 10.1. The highest BCUT2D eigenvalue weighted by molar-refractivity contribution is 5.97. The van der Waals surface area contributed by atoms with Gasteiger partial charge in [0, 0.05) is 43.9 Å². The molecule has 2 aliphatic carbocycles. The fourth-order valence-electron chi connectivity index (χ4n) is 7.64. The van der Waals surface area contributed by atoms with Gasteiger partial charge in [-0.1, -0.05) is 18.2 Å². The van der Waals surface area contributed by atoms with Gasteiger partial charge in [0.15, 0.2) is 0 Å². The van der Waals surface area contributed by atoms with E-state index in [1.165, 1.54) is 48.9 Å². The summed E-state index contributed by atoms with van der Waals surface area (Å²) in [5.74, 6) is 1.98. The second-order valence-electron chi connectivity index (χ2n) is 12.1. The normalized spacial score (nSPS) is 29.3. The molecule has 2 aromatic rings. The smallest absolute Gasteiger partial charge is 0.254 e. The predicted molar refractivity (Wildman–Crippen MR) is 144 cm³/mol. The van der Waals surface area contributed by atoms with Gasteiger partial charge in [0.05, 0.1) is 6.10 Å². The average Bonchev–Trinajstić information content (AvgIpc) is 3.46. The van der Waals surface area contributed by atoms with E-state index in [1.54, 1.807) is 0 Å². The first-order valence-electron chi connectivity index (χ1n) is 14.7. The highest BCUT2D eigenvalue weighted by Gasteiger charge is 2.35. The van der Waals surface area contributed by atoms with E-state index in [1.807, 2.05) is 12.1 Å². The Morgan fingerprint density at radius 3 is 2.62 bits per heavy atom. The van der Waals surface area contributed by atoms with Crippen LogP contribution in [0.4, 0.5) is 0 Å². The monoisotopic (exact) mass is 500 g/mol. The number of aryl methyl sites for hydroxylation is 1. The van der Waals surface area contributed by atoms with E-state index in [-0.39, 0.29) is 12.0 Å². The zero-order valence-corrected chi connectivity index (χ0v) is 22.0. The van der Waals surface area contributed by atoms with Crippen LogP contribution in [0.5, 0.6) is 5.75 Å². The molecule has 5 heteroatoms. The molecule has 2 aromatic carbocycles. The summed E-state index contributed by atoms with van der Waals surface area (Å²) in [6, 6.07) is 14.3. The lowest BCUT2D eigenvalue weighted by Gasteiger charge is -2.45. The van der Waals surface area contributed by atoms with Crippen LogP contribution in [-0.4, -0.2) is 60.2 Å². The zero-order valence-electron chi connectivity index (χ0n) is 22.0. The van der Waals surface area contributed by atoms with Crippen LogP contribution in [-0.2, 0) is 30.5 Å². The standard InChI is InChI=1S/C32H40N2O3/c35-32-31-12-11-29(37-21-30-2-1-15-36-30)18-26(31)13-14-34(32)28-10-7-24-16-23(3-6-25(24)17-28)20-33-19-22-4-8-27(33)9-5-22/h3,6,11-12,16,18,22,27-28,30H,1-2,4-5,7-10,13-15,17,19-21H2/t22?,27?,28-,30-/m0/s1. The Bertz CT molecular complexity index is 1150. The summed E-state index contributed by atoms with van der Waals surface area (Å²) in [7, 11) is 0. The molecule has 5 nitrogen and oxygen atoms in total. The van der Waals surface area contributed by atoms with Crippen LogP contribution in [0, 0.1) is 5.92 Å². The van der Waals surface area contributed by atoms with Crippen LogP contribution in [0.15, 0.2) is 36.4 Å². The number of benzene rings is 2. The molecule has 37 heavy (non-hydrogen) atoms. The van der Waals surface area contributed by atoms with Crippen molar-refractivity contribution in [3.05, 3.63) is 64.2 Å². The number of nitrogens with zero attached hydrogens (tertiary/aromatic N) is 2. The highest BCUT2D eigenvalue weighted by atomic mass is 16.5. The van der Waals surface area contributed by atoms with Crippen molar-refractivity contribution in [3.8, 4) is 5.75 Å². The number of hydrogen-bond donors (Lipinski definition) is 0. The van der Waals surface area contributed by atoms with Crippen molar-refractivity contribution in [2.75, 3.05) is 26.3 Å². The molecule has 3 saturated heterocycles. The summed E-state index contributed by atoms with van der Waals surface area (Å²) in [5.41, 5.74) is 6.40. The quantitative estimate of drug-likeness (QED) is 0.549. The molecule has 4 fully saturated rings. The minimum absolute atomic E-state index is 0.192. The van der Waals surface area contributed by atoms with E-state index in [4.69, 9.17) is 9.47 Å². The summed E-state index contributed by atoms with van der Waals surface area (Å²) in [6.45, 7) is 4.65. The van der Waals surface area contributed by atoms with Gasteiger partial charge < -0.3 is 14.4 Å². The maximum atomic E-state index is 13.5. The van der Waals surface area contributed by atoms with E-state index in [0.29, 0.717) is 12.6 Å². The van der Waals surface area contributed by atoms with Crippen LogP contribution in [0.1, 0.15) is 77.6 Å². The second-order valence-corrected chi connectivity index (χ2v) is 12.1. The molecule has 1 amide bonds. The lowest BCUT2D eigenvalue weighted by Crippen LogP contribution is -2.47. The third-order valence-electron chi connectivity index (χ3n) is 9.77. The Kier molecular flexibility index (Phi) is 6.46.